The standard InChI is InChI=1S/C65H116O6/c1-4-7-10-13-15-17-19-21-23-24-25-26-27-28-29-30-31-32-33-34-35-36-37-38-39-40-42-43-45-47-49-52-55-58-64(67)70-61-62(60-69-63(66)57-54-51-12-9-6-3)71-65(68)59-56-53-50-48-46-44-41-22-20-18-16-14-11-8-5-2/h8,11,16,18,22,41,46,48,53,56,62H,4-7,9-10,12-15,17,19-21,23-40,42-45,47,49-52,54-55,57-61H2,1-3H3/b11-8-,18-16-,41-22-,48-46-,56-53-. The van der Waals surface area contributed by atoms with Crippen molar-refractivity contribution in [2.75, 3.05) is 13.2 Å². The van der Waals surface area contributed by atoms with E-state index in [0.29, 0.717) is 12.8 Å². The van der Waals surface area contributed by atoms with Gasteiger partial charge in [-0.1, -0.05) is 313 Å². The molecule has 6 nitrogen and oxygen atoms in total. The SMILES string of the molecule is CC/C=C\C/C=C\C/C=C\C/C=C\C/C=C\CC(=O)OC(COC(=O)CCCCCCC)COC(=O)CCCCCCCCCCCCCCCCCCCCCCCCCCCCCCCCCCC. The van der Waals surface area contributed by atoms with Gasteiger partial charge in [0.05, 0.1) is 6.42 Å². The summed E-state index contributed by atoms with van der Waals surface area (Å²) in [5, 5.41) is 0. The average Bonchev–Trinajstić information content (AvgIpc) is 3.37. The van der Waals surface area contributed by atoms with Gasteiger partial charge >= 0.3 is 17.9 Å². The van der Waals surface area contributed by atoms with Gasteiger partial charge in [0.2, 0.25) is 0 Å². The Morgan fingerprint density at radius 1 is 0.296 bits per heavy atom. The Hall–Kier alpha value is -2.89. The van der Waals surface area contributed by atoms with Crippen molar-refractivity contribution in [1.29, 1.82) is 0 Å². The summed E-state index contributed by atoms with van der Waals surface area (Å²) < 4.78 is 16.6. The number of rotatable bonds is 56. The fourth-order valence-electron chi connectivity index (χ4n) is 8.99. The molecule has 0 aromatic rings. The molecule has 0 saturated carbocycles. The highest BCUT2D eigenvalue weighted by Gasteiger charge is 2.19. The molecule has 0 aromatic heterocycles. The minimum Gasteiger partial charge on any atom is -0.462 e. The number of carbonyl (C=O) groups excluding carboxylic acids is 3. The molecule has 0 fully saturated rings. The lowest BCUT2D eigenvalue weighted by molar-refractivity contribution is -0.166. The Balaban J connectivity index is 3.93. The molecule has 0 N–H and O–H groups in total. The molecule has 0 aromatic carbocycles. The smallest absolute Gasteiger partial charge is 0.310 e. The van der Waals surface area contributed by atoms with E-state index in [0.717, 1.165) is 83.5 Å². The topological polar surface area (TPSA) is 78.9 Å². The van der Waals surface area contributed by atoms with E-state index in [2.05, 4.69) is 69.4 Å². The van der Waals surface area contributed by atoms with Gasteiger partial charge in [0.1, 0.15) is 13.2 Å². The van der Waals surface area contributed by atoms with Gasteiger partial charge < -0.3 is 14.2 Å². The Morgan fingerprint density at radius 3 is 0.803 bits per heavy atom. The van der Waals surface area contributed by atoms with E-state index >= 15 is 0 Å². The van der Waals surface area contributed by atoms with E-state index in [1.54, 1.807) is 6.08 Å². The molecule has 0 bridgehead atoms. The maximum Gasteiger partial charge on any atom is 0.310 e. The lowest BCUT2D eigenvalue weighted by Crippen LogP contribution is -2.30. The minimum absolute atomic E-state index is 0.100. The Labute approximate surface area is 440 Å². The number of unbranched alkanes of at least 4 members (excludes halogenated alkanes) is 36. The van der Waals surface area contributed by atoms with Crippen molar-refractivity contribution in [3.05, 3.63) is 60.8 Å². The van der Waals surface area contributed by atoms with Crippen LogP contribution >= 0.6 is 0 Å². The highest BCUT2D eigenvalue weighted by atomic mass is 16.6. The molecule has 1 unspecified atom stereocenters. The first-order chi connectivity index (χ1) is 35.0. The maximum atomic E-state index is 12.7. The third-order valence-electron chi connectivity index (χ3n) is 13.6. The van der Waals surface area contributed by atoms with Crippen molar-refractivity contribution in [3.63, 3.8) is 0 Å². The zero-order valence-corrected chi connectivity index (χ0v) is 47.2. The Morgan fingerprint density at radius 2 is 0.535 bits per heavy atom. The summed E-state index contributed by atoms with van der Waals surface area (Å²) in [5.74, 6) is -1.05. The third kappa shape index (κ3) is 57.9. The summed E-state index contributed by atoms with van der Waals surface area (Å²) in [6, 6.07) is 0. The average molecular weight is 994 g/mol. The monoisotopic (exact) mass is 993 g/mol. The lowest BCUT2D eigenvalue weighted by Gasteiger charge is -2.18. The number of carbonyl (C=O) groups is 3. The summed E-state index contributed by atoms with van der Waals surface area (Å²) in [4.78, 5) is 37.7. The number of hydrogen-bond acceptors (Lipinski definition) is 6. The number of ether oxygens (including phenoxy) is 3. The van der Waals surface area contributed by atoms with Gasteiger partial charge in [-0.3, -0.25) is 14.4 Å². The van der Waals surface area contributed by atoms with Crippen molar-refractivity contribution < 1.29 is 28.6 Å². The van der Waals surface area contributed by atoms with Crippen LogP contribution in [0.15, 0.2) is 60.8 Å². The van der Waals surface area contributed by atoms with Crippen LogP contribution in [0.5, 0.6) is 0 Å². The number of esters is 3. The van der Waals surface area contributed by atoms with E-state index in [1.165, 1.54) is 193 Å². The molecule has 0 radical (unpaired) electrons. The van der Waals surface area contributed by atoms with E-state index in [4.69, 9.17) is 14.2 Å². The molecule has 0 aliphatic rings. The first-order valence-corrected chi connectivity index (χ1v) is 30.8. The van der Waals surface area contributed by atoms with Crippen LogP contribution in [0.4, 0.5) is 0 Å². The third-order valence-corrected chi connectivity index (χ3v) is 13.6. The summed E-state index contributed by atoms with van der Waals surface area (Å²) in [6.07, 6.45) is 76.2. The van der Waals surface area contributed by atoms with Gasteiger partial charge in [0.25, 0.3) is 0 Å². The van der Waals surface area contributed by atoms with E-state index < -0.39 is 12.1 Å². The Bertz CT molecular complexity index is 1280. The van der Waals surface area contributed by atoms with E-state index in [9.17, 15) is 14.4 Å². The molecule has 0 rings (SSSR count). The first-order valence-electron chi connectivity index (χ1n) is 30.8. The van der Waals surface area contributed by atoms with Crippen LogP contribution in [0.2, 0.25) is 0 Å². The van der Waals surface area contributed by atoms with Crippen LogP contribution in [0, 0.1) is 0 Å². The van der Waals surface area contributed by atoms with Crippen LogP contribution < -0.4 is 0 Å². The molecule has 71 heavy (non-hydrogen) atoms. The van der Waals surface area contributed by atoms with Gasteiger partial charge in [-0.25, -0.2) is 0 Å². The lowest BCUT2D eigenvalue weighted by atomic mass is 10.0. The molecule has 6 heteroatoms. The van der Waals surface area contributed by atoms with Crippen LogP contribution in [-0.2, 0) is 28.6 Å². The highest BCUT2D eigenvalue weighted by Crippen LogP contribution is 2.18. The summed E-state index contributed by atoms with van der Waals surface area (Å²) in [6.45, 7) is 6.38. The molecule has 0 heterocycles. The van der Waals surface area contributed by atoms with Crippen LogP contribution in [0.3, 0.4) is 0 Å². The van der Waals surface area contributed by atoms with Crippen molar-refractivity contribution in [3.8, 4) is 0 Å². The molecular formula is C65H116O6. The zero-order valence-electron chi connectivity index (χ0n) is 47.2. The largest absolute Gasteiger partial charge is 0.462 e. The molecule has 0 aliphatic carbocycles. The molecule has 0 amide bonds. The zero-order chi connectivity index (χ0) is 51.4. The summed E-state index contributed by atoms with van der Waals surface area (Å²) >= 11 is 0. The fourth-order valence-corrected chi connectivity index (χ4v) is 8.99. The molecule has 0 saturated heterocycles. The van der Waals surface area contributed by atoms with Crippen LogP contribution in [0.1, 0.15) is 316 Å². The predicted octanol–water partition coefficient (Wildman–Crippen LogP) is 20.8. The highest BCUT2D eigenvalue weighted by molar-refractivity contribution is 5.72. The fraction of sp³-hybridized carbons (Fsp3) is 0.800. The number of allylic oxidation sites excluding steroid dienone is 9. The molecule has 412 valence electrons. The summed E-state index contributed by atoms with van der Waals surface area (Å²) in [7, 11) is 0. The summed E-state index contributed by atoms with van der Waals surface area (Å²) in [5.41, 5.74) is 0. The van der Waals surface area contributed by atoms with Crippen molar-refractivity contribution in [1.82, 2.24) is 0 Å². The van der Waals surface area contributed by atoms with Gasteiger partial charge in [0.15, 0.2) is 6.10 Å². The van der Waals surface area contributed by atoms with Crippen LogP contribution in [0.25, 0.3) is 0 Å². The maximum absolute atomic E-state index is 12.7. The van der Waals surface area contributed by atoms with E-state index in [-0.39, 0.29) is 31.6 Å². The number of hydrogen-bond donors (Lipinski definition) is 0. The van der Waals surface area contributed by atoms with Gasteiger partial charge in [-0.05, 0) is 44.9 Å². The molecule has 0 aliphatic heterocycles. The van der Waals surface area contributed by atoms with Crippen molar-refractivity contribution in [2.45, 2.75) is 322 Å². The second-order valence-electron chi connectivity index (χ2n) is 20.6. The normalized spacial score (nSPS) is 12.4. The second kappa shape index (κ2) is 59.7. The van der Waals surface area contributed by atoms with Gasteiger partial charge in [-0.2, -0.15) is 0 Å². The Kier molecular flexibility index (Phi) is 57.2. The first kappa shape index (κ1) is 68.1. The molecular weight excluding hydrogens is 877 g/mol. The van der Waals surface area contributed by atoms with Gasteiger partial charge in [0, 0.05) is 12.8 Å². The molecule has 0 spiro atoms. The van der Waals surface area contributed by atoms with E-state index in [1.807, 2.05) is 6.08 Å². The quantitative estimate of drug-likeness (QED) is 0.0261. The van der Waals surface area contributed by atoms with Crippen LogP contribution in [-0.4, -0.2) is 37.2 Å². The predicted molar refractivity (Wildman–Crippen MR) is 307 cm³/mol. The van der Waals surface area contributed by atoms with Gasteiger partial charge in [-0.15, -0.1) is 0 Å². The van der Waals surface area contributed by atoms with Crippen molar-refractivity contribution in [2.24, 2.45) is 0 Å². The second-order valence-corrected chi connectivity index (χ2v) is 20.6. The van der Waals surface area contributed by atoms with Crippen molar-refractivity contribution >= 4 is 17.9 Å². The molecule has 1 atom stereocenters. The minimum atomic E-state index is -0.823.